The van der Waals surface area contributed by atoms with Gasteiger partial charge >= 0.3 is 12.0 Å². The number of piperazine rings is 1. The van der Waals surface area contributed by atoms with E-state index >= 15 is 8.78 Å². The lowest BCUT2D eigenvalue weighted by molar-refractivity contribution is -0.152. The molecule has 3 aromatic carbocycles. The maximum atomic E-state index is 15.6. The number of rotatable bonds is 13. The van der Waals surface area contributed by atoms with Crippen molar-refractivity contribution in [1.29, 1.82) is 0 Å². The average molecular weight is 1000 g/mol. The molecule has 1 unspecified atom stereocenters. The number of aryl methyl sites for hydroxylation is 1. The number of fused-ring (bicyclic) bond motifs is 1. The Morgan fingerprint density at radius 2 is 1.66 bits per heavy atom. The molecule has 0 radical (unpaired) electrons. The lowest BCUT2D eigenvalue weighted by Crippen LogP contribution is -2.48. The van der Waals surface area contributed by atoms with Crippen molar-refractivity contribution in [2.75, 3.05) is 38.1 Å². The summed E-state index contributed by atoms with van der Waals surface area (Å²) in [6, 6.07) is 10.4. The molecule has 1 saturated heterocycles. The summed E-state index contributed by atoms with van der Waals surface area (Å²) in [6.45, 7) is 3.91. The maximum Gasteiger partial charge on any atom is 0.319 e. The van der Waals surface area contributed by atoms with Crippen molar-refractivity contribution in [3.05, 3.63) is 108 Å². The van der Waals surface area contributed by atoms with Crippen LogP contribution >= 0.6 is 22.6 Å². The molecule has 1 aliphatic rings. The van der Waals surface area contributed by atoms with Crippen LogP contribution < -0.4 is 16.4 Å². The average Bonchev–Trinajstić information content (AvgIpc) is 3.63. The number of amides is 1. The van der Waals surface area contributed by atoms with Crippen LogP contribution in [0.5, 0.6) is 17.5 Å². The van der Waals surface area contributed by atoms with Gasteiger partial charge in [0.1, 0.15) is 54.0 Å². The molecule has 336 valence electrons. The fourth-order valence-electron chi connectivity index (χ4n) is 7.27. The zero-order chi connectivity index (χ0) is 46.1. The molecule has 64 heavy (non-hydrogen) atoms. The number of nitrogens with zero attached hydrogens (tertiary/aromatic N) is 8. The van der Waals surface area contributed by atoms with Gasteiger partial charge in [-0.3, -0.25) is 33.2 Å². The van der Waals surface area contributed by atoms with Crippen LogP contribution in [0, 0.1) is 21.0 Å². The molecule has 0 spiro atoms. The molecule has 1 amide bonds. The molecule has 3 aromatic heterocycles. The van der Waals surface area contributed by atoms with Crippen molar-refractivity contribution in [2.45, 2.75) is 45.4 Å². The first-order valence-electron chi connectivity index (χ1n) is 19.7. The predicted octanol–water partition coefficient (Wildman–Crippen LogP) is 3.99. The minimum atomic E-state index is -1.48. The Morgan fingerprint density at radius 1 is 0.922 bits per heavy atom. The van der Waals surface area contributed by atoms with E-state index in [1.54, 1.807) is 6.07 Å². The highest BCUT2D eigenvalue weighted by Gasteiger charge is 2.27. The van der Waals surface area contributed by atoms with Gasteiger partial charge in [0.25, 0.3) is 11.1 Å². The molecule has 0 aliphatic carbocycles. The number of ether oxygens (including phenoxy) is 1. The number of phenolic OH excluding ortho intramolecular Hbond substituents is 2. The quantitative estimate of drug-likeness (QED) is 0.0627. The lowest BCUT2D eigenvalue weighted by Gasteiger charge is -2.34. The summed E-state index contributed by atoms with van der Waals surface area (Å²) in [5.74, 6) is -4.71. The SMILES string of the molecule is CC(C)c1cc(-c2nnc(O)n2-c2ccc(CN3CCN(C(=O)CC(=O)OCC(O)Cn4cnc5c(c(Nc6ccc(I)cc6F)c(F)c(=O)n5C)c4=O)CC3)c(F)c2)c(O)cc1O. The molecule has 5 N–H and O–H groups in total. The third-order valence-electron chi connectivity index (χ3n) is 10.7. The topological polar surface area (TPSA) is 230 Å². The van der Waals surface area contributed by atoms with Crippen LogP contribution in [0.3, 0.4) is 0 Å². The van der Waals surface area contributed by atoms with E-state index in [9.17, 15) is 44.0 Å². The first-order chi connectivity index (χ1) is 30.4. The van der Waals surface area contributed by atoms with Crippen molar-refractivity contribution in [3.63, 3.8) is 0 Å². The van der Waals surface area contributed by atoms with Crippen LogP contribution in [0.4, 0.5) is 24.5 Å². The number of halogens is 4. The van der Waals surface area contributed by atoms with E-state index < -0.39 is 83.2 Å². The Morgan fingerprint density at radius 3 is 2.34 bits per heavy atom. The van der Waals surface area contributed by atoms with Crippen molar-refractivity contribution in [2.24, 2.45) is 7.05 Å². The second kappa shape index (κ2) is 18.7. The molecular formula is C42H41F3IN9O9. The number of hydrogen-bond acceptors (Lipinski definition) is 14. The molecule has 1 fully saturated rings. The molecule has 0 bridgehead atoms. The standard InChI is InChI=1S/C42H41F3IN9O9/c1-21(2)26-14-27(32(58)15-31(26)57)38-49-50-42(63)55(38)24-6-4-22(28(43)13-24)17-52-8-10-53(11-9-52)33(59)16-34(60)64-19-25(56)18-54-20-47-39-35(40(54)61)37(36(45)41(62)51(39)3)48-30-7-5-23(46)12-29(30)44/h4-7,12-15,20-21,25,48,56-58H,8-11,16-19H2,1-3H3,(H,50,63). The van der Waals surface area contributed by atoms with Gasteiger partial charge in [-0.1, -0.05) is 25.0 Å². The van der Waals surface area contributed by atoms with E-state index in [2.05, 4.69) is 20.5 Å². The van der Waals surface area contributed by atoms with Gasteiger partial charge in [-0.25, -0.2) is 18.3 Å². The van der Waals surface area contributed by atoms with Crippen molar-refractivity contribution in [1.82, 2.24) is 38.7 Å². The van der Waals surface area contributed by atoms with E-state index in [1.165, 1.54) is 59.0 Å². The van der Waals surface area contributed by atoms with Crippen molar-refractivity contribution < 1.29 is 47.9 Å². The number of aromatic hydroxyl groups is 3. The lowest BCUT2D eigenvalue weighted by atomic mass is 9.98. The number of carbonyl (C=O) groups excluding carboxylic acids is 2. The fraction of sp³-hybridized carbons (Fsp3) is 0.310. The second-order valence-electron chi connectivity index (χ2n) is 15.4. The van der Waals surface area contributed by atoms with Gasteiger partial charge in [-0.05, 0) is 70.5 Å². The van der Waals surface area contributed by atoms with Gasteiger partial charge in [0.15, 0.2) is 11.5 Å². The Kier molecular flexibility index (Phi) is 13.3. The molecule has 7 rings (SSSR count). The Labute approximate surface area is 374 Å². The van der Waals surface area contributed by atoms with E-state index in [0.29, 0.717) is 27.8 Å². The number of hydrogen-bond donors (Lipinski definition) is 5. The third-order valence-corrected chi connectivity index (χ3v) is 11.4. The van der Waals surface area contributed by atoms with Crippen LogP contribution in [-0.2, 0) is 34.5 Å². The highest BCUT2D eigenvalue weighted by atomic mass is 127. The van der Waals surface area contributed by atoms with Crippen LogP contribution in [0.2, 0.25) is 0 Å². The smallest absolute Gasteiger partial charge is 0.319 e. The minimum Gasteiger partial charge on any atom is -0.508 e. The number of aromatic nitrogens is 6. The zero-order valence-corrected chi connectivity index (χ0v) is 36.6. The summed E-state index contributed by atoms with van der Waals surface area (Å²) in [4.78, 5) is 59.3. The second-order valence-corrected chi connectivity index (χ2v) is 16.6. The van der Waals surface area contributed by atoms with E-state index in [-0.39, 0.29) is 65.5 Å². The van der Waals surface area contributed by atoms with Gasteiger partial charge in [-0.15, -0.1) is 5.10 Å². The molecule has 6 aromatic rings. The molecule has 0 saturated carbocycles. The maximum absolute atomic E-state index is 15.6. The van der Waals surface area contributed by atoms with Crippen molar-refractivity contribution in [3.8, 4) is 34.6 Å². The van der Waals surface area contributed by atoms with E-state index in [0.717, 1.165) is 15.5 Å². The normalized spacial score (nSPS) is 13.7. The fourth-order valence-corrected chi connectivity index (χ4v) is 7.72. The summed E-state index contributed by atoms with van der Waals surface area (Å²) in [7, 11) is 1.21. The Bertz CT molecular complexity index is 2920. The summed E-state index contributed by atoms with van der Waals surface area (Å²) in [6.07, 6.45) is -1.10. The summed E-state index contributed by atoms with van der Waals surface area (Å²) < 4.78 is 54.1. The predicted molar refractivity (Wildman–Crippen MR) is 233 cm³/mol. The number of aliphatic hydroxyl groups is 1. The van der Waals surface area contributed by atoms with Crippen molar-refractivity contribution >= 4 is 56.9 Å². The number of esters is 1. The number of benzene rings is 3. The first-order valence-corrected chi connectivity index (χ1v) is 20.8. The third kappa shape index (κ3) is 9.38. The number of phenols is 2. The van der Waals surface area contributed by atoms with Gasteiger partial charge in [0.2, 0.25) is 11.7 Å². The molecule has 4 heterocycles. The Balaban J connectivity index is 0.925. The highest BCUT2D eigenvalue weighted by Crippen LogP contribution is 2.39. The number of anilines is 2. The number of aliphatic hydroxyl groups excluding tert-OH is 1. The minimum absolute atomic E-state index is 0.0246. The number of carbonyl (C=O) groups is 2. The summed E-state index contributed by atoms with van der Waals surface area (Å²) in [5, 5.41) is 51.9. The Hall–Kier alpha value is -6.53. The summed E-state index contributed by atoms with van der Waals surface area (Å²) >= 11 is 1.88. The van der Waals surface area contributed by atoms with E-state index in [4.69, 9.17) is 4.74 Å². The van der Waals surface area contributed by atoms with E-state index in [1.807, 2.05) is 41.3 Å². The number of pyridine rings is 1. The van der Waals surface area contributed by atoms with Crippen LogP contribution in [0.1, 0.15) is 37.3 Å². The highest BCUT2D eigenvalue weighted by molar-refractivity contribution is 14.1. The summed E-state index contributed by atoms with van der Waals surface area (Å²) in [5.41, 5.74) is -1.84. The molecule has 22 heteroatoms. The molecular weight excluding hydrogens is 958 g/mol. The van der Waals surface area contributed by atoms with Gasteiger partial charge in [0, 0.05) is 55.0 Å². The van der Waals surface area contributed by atoms with Crippen LogP contribution in [0.15, 0.2) is 64.4 Å². The molecule has 18 nitrogen and oxygen atoms in total. The largest absolute Gasteiger partial charge is 0.508 e. The van der Waals surface area contributed by atoms with Gasteiger partial charge < -0.3 is 35.4 Å². The zero-order valence-electron chi connectivity index (χ0n) is 34.4. The number of nitrogens with one attached hydrogen (secondary N) is 1. The molecule has 1 atom stereocenters. The first kappa shape index (κ1) is 45.5. The van der Waals surface area contributed by atoms with Crippen LogP contribution in [-0.4, -0.2) is 110 Å². The molecule has 1 aliphatic heterocycles. The van der Waals surface area contributed by atoms with Gasteiger partial charge in [0.05, 0.1) is 29.2 Å². The van der Waals surface area contributed by atoms with Gasteiger partial charge in [-0.2, -0.15) is 4.39 Å². The monoisotopic (exact) mass is 999 g/mol. The van der Waals surface area contributed by atoms with Crippen LogP contribution in [0.25, 0.3) is 28.1 Å².